The molecule has 0 saturated carbocycles. The largest absolute Gasteiger partial charge is 0.467 e. The minimum absolute atomic E-state index is 0.000858. The molecule has 136 valence electrons. The molecule has 0 bridgehead atoms. The van der Waals surface area contributed by atoms with E-state index in [9.17, 15) is 18.8 Å². The van der Waals surface area contributed by atoms with E-state index in [1.54, 1.807) is 17.5 Å². The van der Waals surface area contributed by atoms with Crippen LogP contribution in [0.5, 0.6) is 0 Å². The van der Waals surface area contributed by atoms with Gasteiger partial charge in [-0.15, -0.1) is 11.3 Å². The van der Waals surface area contributed by atoms with Gasteiger partial charge in [-0.3, -0.25) is 9.59 Å². The molecule has 1 aliphatic rings. The van der Waals surface area contributed by atoms with Crippen molar-refractivity contribution in [3.63, 3.8) is 0 Å². The van der Waals surface area contributed by atoms with Gasteiger partial charge in [0.25, 0.3) is 11.8 Å². The van der Waals surface area contributed by atoms with Gasteiger partial charge in [-0.25, -0.2) is 9.18 Å². The Morgan fingerprint density at radius 3 is 2.62 bits per heavy atom. The van der Waals surface area contributed by atoms with Crippen molar-refractivity contribution >= 4 is 29.1 Å². The number of benzene rings is 1. The highest BCUT2D eigenvalue weighted by Gasteiger charge is 2.38. The average molecular weight is 376 g/mol. The summed E-state index contributed by atoms with van der Waals surface area (Å²) in [6, 6.07) is 7.92. The van der Waals surface area contributed by atoms with E-state index in [2.05, 4.69) is 0 Å². The van der Waals surface area contributed by atoms with E-state index in [1.165, 1.54) is 46.4 Å². The highest BCUT2D eigenvalue weighted by Crippen LogP contribution is 2.20. The molecule has 6 nitrogen and oxygen atoms in total. The number of ether oxygens (including phenoxy) is 1. The van der Waals surface area contributed by atoms with E-state index < -0.39 is 17.8 Å². The number of piperazine rings is 1. The third-order valence-electron chi connectivity index (χ3n) is 4.21. The number of esters is 1. The Balaban J connectivity index is 1.81. The van der Waals surface area contributed by atoms with Crippen molar-refractivity contribution in [1.82, 2.24) is 9.80 Å². The zero-order chi connectivity index (χ0) is 18.7. The molecule has 2 amide bonds. The Labute approximate surface area is 153 Å². The Kier molecular flexibility index (Phi) is 5.32. The zero-order valence-electron chi connectivity index (χ0n) is 14.1. The van der Waals surface area contributed by atoms with Crippen molar-refractivity contribution < 1.29 is 23.5 Å². The van der Waals surface area contributed by atoms with Gasteiger partial charge in [0.15, 0.2) is 0 Å². The fourth-order valence-electron chi connectivity index (χ4n) is 2.89. The lowest BCUT2D eigenvalue weighted by Crippen LogP contribution is -2.59. The second kappa shape index (κ2) is 7.65. The molecule has 8 heteroatoms. The van der Waals surface area contributed by atoms with Crippen molar-refractivity contribution in [3.05, 3.63) is 58.0 Å². The molecule has 1 aliphatic heterocycles. The molecular weight excluding hydrogens is 359 g/mol. The lowest BCUT2D eigenvalue weighted by Gasteiger charge is -2.39. The van der Waals surface area contributed by atoms with E-state index in [-0.39, 0.29) is 37.0 Å². The number of hydrogen-bond donors (Lipinski definition) is 0. The number of hydrogen-bond acceptors (Lipinski definition) is 5. The van der Waals surface area contributed by atoms with Gasteiger partial charge in [-0.1, -0.05) is 12.1 Å². The Morgan fingerprint density at radius 1 is 1.15 bits per heavy atom. The summed E-state index contributed by atoms with van der Waals surface area (Å²) in [5.41, 5.74) is 0.201. The van der Waals surface area contributed by atoms with Crippen LogP contribution in [0.25, 0.3) is 0 Å². The molecule has 3 rings (SSSR count). The summed E-state index contributed by atoms with van der Waals surface area (Å²) >= 11 is 1.29. The van der Waals surface area contributed by atoms with E-state index in [4.69, 9.17) is 4.74 Å². The Morgan fingerprint density at radius 2 is 1.96 bits per heavy atom. The summed E-state index contributed by atoms with van der Waals surface area (Å²) in [6.45, 7) is 0.441. The minimum Gasteiger partial charge on any atom is -0.467 e. The van der Waals surface area contributed by atoms with Crippen LogP contribution in [0, 0.1) is 5.82 Å². The quantitative estimate of drug-likeness (QED) is 0.769. The molecular formula is C18H17FN2O4S. The van der Waals surface area contributed by atoms with Crippen molar-refractivity contribution in [2.24, 2.45) is 0 Å². The standard InChI is InChI=1S/C18H17FN2O4S/c1-25-18(24)14-11-20(16(22)12-4-2-5-13(19)10-12)7-8-21(14)17(23)15-6-3-9-26-15/h2-6,9-10,14H,7-8,11H2,1H3/t14-/m0/s1. The monoisotopic (exact) mass is 376 g/mol. The van der Waals surface area contributed by atoms with Gasteiger partial charge in [0, 0.05) is 18.7 Å². The first-order chi connectivity index (χ1) is 12.5. The Bertz CT molecular complexity index is 824. The number of rotatable bonds is 3. The molecule has 1 atom stereocenters. The highest BCUT2D eigenvalue weighted by molar-refractivity contribution is 7.12. The minimum atomic E-state index is -0.902. The van der Waals surface area contributed by atoms with Crippen molar-refractivity contribution in [2.75, 3.05) is 26.7 Å². The molecule has 2 heterocycles. The van der Waals surface area contributed by atoms with E-state index in [0.29, 0.717) is 4.88 Å². The highest BCUT2D eigenvalue weighted by atomic mass is 32.1. The molecule has 1 fully saturated rings. The van der Waals surface area contributed by atoms with Gasteiger partial charge in [0.05, 0.1) is 18.5 Å². The topological polar surface area (TPSA) is 66.9 Å². The molecule has 1 aromatic carbocycles. The van der Waals surface area contributed by atoms with Crippen LogP contribution in [0.4, 0.5) is 4.39 Å². The normalized spacial score (nSPS) is 17.1. The van der Waals surface area contributed by atoms with Crippen LogP contribution >= 0.6 is 11.3 Å². The van der Waals surface area contributed by atoms with Gasteiger partial charge in [-0.05, 0) is 29.6 Å². The van der Waals surface area contributed by atoms with Gasteiger partial charge < -0.3 is 14.5 Å². The number of amides is 2. The molecule has 1 aromatic heterocycles. The number of nitrogens with zero attached hydrogens (tertiary/aromatic N) is 2. The number of carbonyl (C=O) groups is 3. The van der Waals surface area contributed by atoms with Crippen LogP contribution in [0.3, 0.4) is 0 Å². The summed E-state index contributed by atoms with van der Waals surface area (Å²) in [5, 5.41) is 1.78. The van der Waals surface area contributed by atoms with E-state index >= 15 is 0 Å². The summed E-state index contributed by atoms with van der Waals surface area (Å²) in [7, 11) is 1.24. The van der Waals surface area contributed by atoms with Crippen molar-refractivity contribution in [1.29, 1.82) is 0 Å². The lowest BCUT2D eigenvalue weighted by molar-refractivity contribution is -0.147. The first-order valence-electron chi connectivity index (χ1n) is 7.98. The predicted octanol–water partition coefficient (Wildman–Crippen LogP) is 2.03. The summed E-state index contributed by atoms with van der Waals surface area (Å²) in [4.78, 5) is 40.9. The summed E-state index contributed by atoms with van der Waals surface area (Å²) in [5.74, 6) is -1.76. The first kappa shape index (κ1) is 18.1. The lowest BCUT2D eigenvalue weighted by atomic mass is 10.1. The Hall–Kier alpha value is -2.74. The van der Waals surface area contributed by atoms with Crippen molar-refractivity contribution in [2.45, 2.75) is 6.04 Å². The maximum Gasteiger partial charge on any atom is 0.330 e. The third-order valence-corrected chi connectivity index (χ3v) is 5.06. The van der Waals surface area contributed by atoms with Crippen molar-refractivity contribution in [3.8, 4) is 0 Å². The first-order valence-corrected chi connectivity index (χ1v) is 8.86. The number of halogens is 1. The van der Waals surface area contributed by atoms with Crippen LogP contribution in [0.15, 0.2) is 41.8 Å². The molecule has 1 saturated heterocycles. The van der Waals surface area contributed by atoms with E-state index in [0.717, 1.165) is 6.07 Å². The van der Waals surface area contributed by atoms with Crippen LogP contribution in [0.2, 0.25) is 0 Å². The van der Waals surface area contributed by atoms with Gasteiger partial charge in [0.2, 0.25) is 0 Å². The molecule has 2 aromatic rings. The van der Waals surface area contributed by atoms with E-state index in [1.807, 2.05) is 0 Å². The molecule has 0 aliphatic carbocycles. The van der Waals surface area contributed by atoms with Crippen LogP contribution in [0.1, 0.15) is 20.0 Å². The zero-order valence-corrected chi connectivity index (χ0v) is 14.9. The fraction of sp³-hybridized carbons (Fsp3) is 0.278. The maximum atomic E-state index is 13.4. The predicted molar refractivity (Wildman–Crippen MR) is 93.5 cm³/mol. The second-order valence-corrected chi connectivity index (χ2v) is 6.72. The average Bonchev–Trinajstić information content (AvgIpc) is 3.20. The summed E-state index contributed by atoms with van der Waals surface area (Å²) in [6.07, 6.45) is 0. The van der Waals surface area contributed by atoms with Gasteiger partial charge >= 0.3 is 5.97 Å². The van der Waals surface area contributed by atoms with Gasteiger partial charge in [0.1, 0.15) is 11.9 Å². The molecule has 0 unspecified atom stereocenters. The number of carbonyl (C=O) groups excluding carboxylic acids is 3. The number of methoxy groups -OCH3 is 1. The molecule has 0 spiro atoms. The second-order valence-electron chi connectivity index (χ2n) is 5.78. The molecule has 0 N–H and O–H groups in total. The van der Waals surface area contributed by atoms with Crippen LogP contribution < -0.4 is 0 Å². The van der Waals surface area contributed by atoms with Gasteiger partial charge in [-0.2, -0.15) is 0 Å². The smallest absolute Gasteiger partial charge is 0.330 e. The molecule has 0 radical (unpaired) electrons. The number of thiophene rings is 1. The fourth-order valence-corrected chi connectivity index (χ4v) is 3.57. The molecule has 26 heavy (non-hydrogen) atoms. The van der Waals surface area contributed by atoms with Crippen LogP contribution in [-0.2, 0) is 9.53 Å². The SMILES string of the molecule is COC(=O)[C@@H]1CN(C(=O)c2cccc(F)c2)CCN1C(=O)c1cccs1. The maximum absolute atomic E-state index is 13.4. The van der Waals surface area contributed by atoms with Crippen LogP contribution in [-0.4, -0.2) is 60.4 Å². The third kappa shape index (κ3) is 3.60. The summed E-state index contributed by atoms with van der Waals surface area (Å²) < 4.78 is 18.2.